The Kier molecular flexibility index (Phi) is 4.45. The third-order valence-corrected chi connectivity index (χ3v) is 2.96. The third-order valence-electron chi connectivity index (χ3n) is 2.96. The number of ether oxygens (including phenoxy) is 1. The summed E-state index contributed by atoms with van der Waals surface area (Å²) in [7, 11) is 1.93. The van der Waals surface area contributed by atoms with Gasteiger partial charge in [-0.3, -0.25) is 0 Å². The van der Waals surface area contributed by atoms with E-state index in [0.717, 1.165) is 18.1 Å². The van der Waals surface area contributed by atoms with Gasteiger partial charge >= 0.3 is 0 Å². The Labute approximate surface area is 120 Å². The minimum absolute atomic E-state index is 0.0277. The van der Waals surface area contributed by atoms with Gasteiger partial charge < -0.3 is 14.5 Å². The van der Waals surface area contributed by atoms with E-state index in [4.69, 9.17) is 9.15 Å². The maximum absolute atomic E-state index is 5.69. The Morgan fingerprint density at radius 3 is 2.45 bits per heavy atom. The smallest absolute Gasteiger partial charge is 0.232 e. The molecule has 0 saturated heterocycles. The summed E-state index contributed by atoms with van der Waals surface area (Å²) in [5.74, 6) is 2.30. The number of nitrogens with one attached hydrogen (secondary N) is 1. The average Bonchev–Trinajstić information content (AvgIpc) is 2.87. The molecule has 1 N–H and O–H groups in total. The van der Waals surface area contributed by atoms with Crippen LogP contribution in [0.4, 0.5) is 0 Å². The second-order valence-electron chi connectivity index (χ2n) is 5.83. The summed E-state index contributed by atoms with van der Waals surface area (Å²) in [6.45, 7) is 7.49. The summed E-state index contributed by atoms with van der Waals surface area (Å²) < 4.78 is 11.4. The molecule has 0 atom stereocenters. The number of rotatable bonds is 5. The molecule has 1 heterocycles. The highest BCUT2D eigenvalue weighted by Crippen LogP contribution is 2.23. The van der Waals surface area contributed by atoms with Crippen LogP contribution in [0.5, 0.6) is 5.75 Å². The van der Waals surface area contributed by atoms with Crippen molar-refractivity contribution in [1.29, 1.82) is 0 Å². The standard InChI is InChI=1S/C16H22N2O2/c1-16(2,3)14-10-18-15(20-14)11-19-13-7-5-12(6-8-13)9-17-4/h5-8,10,17H,9,11H2,1-4H3. The lowest BCUT2D eigenvalue weighted by molar-refractivity contribution is 0.252. The molecule has 4 heteroatoms. The van der Waals surface area contributed by atoms with Crippen LogP contribution < -0.4 is 10.1 Å². The molecule has 108 valence electrons. The second kappa shape index (κ2) is 6.09. The molecule has 0 bridgehead atoms. The van der Waals surface area contributed by atoms with Crippen molar-refractivity contribution in [3.05, 3.63) is 47.7 Å². The highest BCUT2D eigenvalue weighted by atomic mass is 16.5. The Balaban J connectivity index is 1.93. The number of hydrogen-bond donors (Lipinski definition) is 1. The van der Waals surface area contributed by atoms with E-state index in [1.165, 1.54) is 5.56 Å². The van der Waals surface area contributed by atoms with Gasteiger partial charge in [-0.25, -0.2) is 4.98 Å². The summed E-state index contributed by atoms with van der Waals surface area (Å²) in [6.07, 6.45) is 1.77. The summed E-state index contributed by atoms with van der Waals surface area (Å²) >= 11 is 0. The fourth-order valence-electron chi connectivity index (χ4n) is 1.78. The van der Waals surface area contributed by atoms with Crippen molar-refractivity contribution in [3.8, 4) is 5.75 Å². The van der Waals surface area contributed by atoms with Crippen LogP contribution in [0.15, 0.2) is 34.9 Å². The van der Waals surface area contributed by atoms with Gasteiger partial charge in [0.1, 0.15) is 11.5 Å². The van der Waals surface area contributed by atoms with Crippen molar-refractivity contribution in [2.24, 2.45) is 0 Å². The van der Waals surface area contributed by atoms with Crippen LogP contribution in [-0.2, 0) is 18.6 Å². The van der Waals surface area contributed by atoms with Gasteiger partial charge in [0.05, 0.1) is 6.20 Å². The van der Waals surface area contributed by atoms with Gasteiger partial charge in [0.25, 0.3) is 0 Å². The molecule has 0 radical (unpaired) electrons. The van der Waals surface area contributed by atoms with Gasteiger partial charge in [-0.05, 0) is 24.7 Å². The number of nitrogens with zero attached hydrogens (tertiary/aromatic N) is 1. The molecule has 0 amide bonds. The third kappa shape index (κ3) is 3.84. The summed E-state index contributed by atoms with van der Waals surface area (Å²) in [4.78, 5) is 4.24. The zero-order chi connectivity index (χ0) is 14.6. The summed E-state index contributed by atoms with van der Waals surface area (Å²) in [5.41, 5.74) is 1.20. The molecule has 1 aromatic carbocycles. The zero-order valence-corrected chi connectivity index (χ0v) is 12.6. The molecule has 0 spiro atoms. The SMILES string of the molecule is CNCc1ccc(OCc2ncc(C(C)(C)C)o2)cc1. The van der Waals surface area contributed by atoms with Crippen LogP contribution in [0.2, 0.25) is 0 Å². The molecular weight excluding hydrogens is 252 g/mol. The number of oxazole rings is 1. The van der Waals surface area contributed by atoms with Crippen molar-refractivity contribution in [2.75, 3.05) is 7.05 Å². The van der Waals surface area contributed by atoms with Crippen LogP contribution in [0.25, 0.3) is 0 Å². The number of benzene rings is 1. The fraction of sp³-hybridized carbons (Fsp3) is 0.438. The van der Waals surface area contributed by atoms with Crippen LogP contribution in [0, 0.1) is 0 Å². The largest absolute Gasteiger partial charge is 0.484 e. The average molecular weight is 274 g/mol. The number of hydrogen-bond acceptors (Lipinski definition) is 4. The predicted molar refractivity (Wildman–Crippen MR) is 78.7 cm³/mol. The van der Waals surface area contributed by atoms with Gasteiger partial charge in [0.15, 0.2) is 6.61 Å². The Morgan fingerprint density at radius 2 is 1.90 bits per heavy atom. The van der Waals surface area contributed by atoms with E-state index >= 15 is 0 Å². The van der Waals surface area contributed by atoms with Crippen molar-refractivity contribution in [1.82, 2.24) is 10.3 Å². The number of aromatic nitrogens is 1. The molecule has 0 unspecified atom stereocenters. The van der Waals surface area contributed by atoms with E-state index in [-0.39, 0.29) is 5.41 Å². The Morgan fingerprint density at radius 1 is 1.20 bits per heavy atom. The maximum Gasteiger partial charge on any atom is 0.232 e. The molecule has 0 aliphatic carbocycles. The summed E-state index contributed by atoms with van der Waals surface area (Å²) in [6, 6.07) is 8.00. The van der Waals surface area contributed by atoms with E-state index < -0.39 is 0 Å². The van der Waals surface area contributed by atoms with Crippen LogP contribution in [0.1, 0.15) is 38.0 Å². The van der Waals surface area contributed by atoms with E-state index in [0.29, 0.717) is 12.5 Å². The van der Waals surface area contributed by atoms with Crippen LogP contribution in [-0.4, -0.2) is 12.0 Å². The predicted octanol–water partition coefficient (Wildman–Crippen LogP) is 3.27. The lowest BCUT2D eigenvalue weighted by Crippen LogP contribution is -2.09. The first-order valence-corrected chi connectivity index (χ1v) is 6.80. The molecule has 0 fully saturated rings. The van der Waals surface area contributed by atoms with E-state index in [2.05, 4.69) is 31.1 Å². The highest BCUT2D eigenvalue weighted by molar-refractivity contribution is 5.27. The fourth-order valence-corrected chi connectivity index (χ4v) is 1.78. The lowest BCUT2D eigenvalue weighted by Gasteiger charge is -2.13. The van der Waals surface area contributed by atoms with Crippen molar-refractivity contribution in [3.63, 3.8) is 0 Å². The monoisotopic (exact) mass is 274 g/mol. The van der Waals surface area contributed by atoms with Crippen LogP contribution >= 0.6 is 0 Å². The van der Waals surface area contributed by atoms with Crippen molar-refractivity contribution >= 4 is 0 Å². The molecule has 20 heavy (non-hydrogen) atoms. The van der Waals surface area contributed by atoms with Gasteiger partial charge in [-0.2, -0.15) is 0 Å². The normalized spacial score (nSPS) is 11.6. The van der Waals surface area contributed by atoms with Crippen molar-refractivity contribution < 1.29 is 9.15 Å². The van der Waals surface area contributed by atoms with E-state index in [9.17, 15) is 0 Å². The molecule has 0 aliphatic rings. The molecule has 2 rings (SSSR count). The zero-order valence-electron chi connectivity index (χ0n) is 12.6. The Bertz CT molecular complexity index is 538. The van der Waals surface area contributed by atoms with Crippen LogP contribution in [0.3, 0.4) is 0 Å². The molecule has 0 saturated carbocycles. The molecule has 0 aliphatic heterocycles. The summed E-state index contributed by atoms with van der Waals surface area (Å²) in [5, 5.41) is 3.11. The van der Waals surface area contributed by atoms with E-state index in [1.54, 1.807) is 6.20 Å². The van der Waals surface area contributed by atoms with Crippen molar-refractivity contribution in [2.45, 2.75) is 39.3 Å². The second-order valence-corrected chi connectivity index (χ2v) is 5.83. The maximum atomic E-state index is 5.69. The minimum atomic E-state index is -0.0277. The minimum Gasteiger partial charge on any atom is -0.484 e. The first kappa shape index (κ1) is 14.6. The topological polar surface area (TPSA) is 47.3 Å². The van der Waals surface area contributed by atoms with E-state index in [1.807, 2.05) is 31.3 Å². The van der Waals surface area contributed by atoms with Gasteiger partial charge in [-0.1, -0.05) is 32.9 Å². The van der Waals surface area contributed by atoms with Gasteiger partial charge in [0.2, 0.25) is 5.89 Å². The highest BCUT2D eigenvalue weighted by Gasteiger charge is 2.19. The molecule has 2 aromatic rings. The first-order chi connectivity index (χ1) is 9.49. The molecular formula is C16H22N2O2. The molecule has 1 aromatic heterocycles. The van der Waals surface area contributed by atoms with Gasteiger partial charge in [-0.15, -0.1) is 0 Å². The first-order valence-electron chi connectivity index (χ1n) is 6.80. The molecule has 4 nitrogen and oxygen atoms in total. The lowest BCUT2D eigenvalue weighted by atomic mass is 9.94. The Hall–Kier alpha value is -1.81. The quantitative estimate of drug-likeness (QED) is 0.909. The van der Waals surface area contributed by atoms with Gasteiger partial charge in [0, 0.05) is 12.0 Å².